The number of nitrogens with zero attached hydrogens (tertiary/aromatic N) is 2. The average molecular weight is 201 g/mol. The summed E-state index contributed by atoms with van der Waals surface area (Å²) in [7, 11) is 1.93. The molecule has 0 atom stereocenters. The van der Waals surface area contributed by atoms with E-state index >= 15 is 0 Å². The minimum absolute atomic E-state index is 0.131. The highest BCUT2D eigenvalue weighted by Crippen LogP contribution is 1.99. The molecule has 0 saturated heterocycles. The molecule has 0 fully saturated rings. The Balaban J connectivity index is 2.11. The lowest BCUT2D eigenvalue weighted by Gasteiger charge is -1.96. The quantitative estimate of drug-likeness (QED) is 0.541. The van der Waals surface area contributed by atoms with Gasteiger partial charge in [0.2, 0.25) is 12.1 Å². The summed E-state index contributed by atoms with van der Waals surface area (Å²) in [5, 5.41) is 0. The van der Waals surface area contributed by atoms with Gasteiger partial charge in [-0.05, 0) is 0 Å². The third kappa shape index (κ3) is 2.31. The molecule has 0 unspecified atom stereocenters. The summed E-state index contributed by atoms with van der Waals surface area (Å²) < 4.78 is 3.79. The van der Waals surface area contributed by atoms with Crippen LogP contribution in [-0.2, 0) is 13.6 Å². The molecule has 76 valence electrons. The zero-order chi connectivity index (χ0) is 10.7. The van der Waals surface area contributed by atoms with Crippen molar-refractivity contribution in [3.05, 3.63) is 54.6 Å². The summed E-state index contributed by atoms with van der Waals surface area (Å²) in [6.07, 6.45) is 5.69. The Morgan fingerprint density at radius 2 is 2.07 bits per heavy atom. The van der Waals surface area contributed by atoms with Crippen molar-refractivity contribution in [2.45, 2.75) is 6.54 Å². The molecule has 2 aromatic rings. The molecule has 0 N–H and O–H groups in total. The molecule has 0 radical (unpaired) electrons. The number of aromatic nitrogens is 2. The zero-order valence-electron chi connectivity index (χ0n) is 8.63. The summed E-state index contributed by atoms with van der Waals surface area (Å²) >= 11 is 0. The summed E-state index contributed by atoms with van der Waals surface area (Å²) in [4.78, 5) is 11.8. The number of hydrogen-bond donors (Lipinski definition) is 0. The predicted octanol–water partition coefficient (Wildman–Crippen LogP) is 1.20. The van der Waals surface area contributed by atoms with Crippen molar-refractivity contribution in [3.8, 4) is 0 Å². The van der Waals surface area contributed by atoms with Gasteiger partial charge in [-0.3, -0.25) is 4.79 Å². The van der Waals surface area contributed by atoms with Gasteiger partial charge in [0, 0.05) is 5.56 Å². The van der Waals surface area contributed by atoms with Crippen LogP contribution in [0.3, 0.4) is 0 Å². The fraction of sp³-hybridized carbons (Fsp3) is 0.167. The normalized spacial score (nSPS) is 10.2. The standard InChI is InChI=1S/C12H13N2O/c1-13-7-8-14(10-13)9-12(15)11-5-3-2-4-6-11/h2-8,10H,9H2,1H3/q+1. The van der Waals surface area contributed by atoms with Gasteiger partial charge < -0.3 is 0 Å². The summed E-state index contributed by atoms with van der Waals surface area (Å²) in [5.41, 5.74) is 0.758. The van der Waals surface area contributed by atoms with E-state index in [0.29, 0.717) is 6.54 Å². The van der Waals surface area contributed by atoms with E-state index in [-0.39, 0.29) is 5.78 Å². The van der Waals surface area contributed by atoms with Crippen molar-refractivity contribution in [1.82, 2.24) is 4.57 Å². The number of ketones is 1. The van der Waals surface area contributed by atoms with Gasteiger partial charge in [-0.2, -0.15) is 0 Å². The van der Waals surface area contributed by atoms with Crippen LogP contribution in [0.5, 0.6) is 0 Å². The lowest BCUT2D eigenvalue weighted by atomic mass is 10.1. The monoisotopic (exact) mass is 201 g/mol. The van der Waals surface area contributed by atoms with E-state index in [9.17, 15) is 4.79 Å². The zero-order valence-corrected chi connectivity index (χ0v) is 8.63. The third-order valence-corrected chi connectivity index (χ3v) is 2.25. The molecule has 3 heteroatoms. The molecule has 15 heavy (non-hydrogen) atoms. The SMILES string of the molecule is Cn1cc[n+](CC(=O)c2ccccc2)c1. The maximum atomic E-state index is 11.8. The Bertz CT molecular complexity index is 459. The minimum atomic E-state index is 0.131. The number of rotatable bonds is 3. The largest absolute Gasteiger partial charge is 0.290 e. The predicted molar refractivity (Wildman–Crippen MR) is 56.4 cm³/mol. The van der Waals surface area contributed by atoms with Gasteiger partial charge in [0.15, 0.2) is 6.54 Å². The van der Waals surface area contributed by atoms with Gasteiger partial charge >= 0.3 is 0 Å². The first-order valence-corrected chi connectivity index (χ1v) is 4.85. The van der Waals surface area contributed by atoms with Gasteiger partial charge in [0.1, 0.15) is 12.4 Å². The molecular formula is C12H13N2O+. The maximum Gasteiger partial charge on any atom is 0.243 e. The fourth-order valence-corrected chi connectivity index (χ4v) is 1.48. The van der Waals surface area contributed by atoms with Crippen LogP contribution in [0.25, 0.3) is 0 Å². The van der Waals surface area contributed by atoms with Crippen LogP contribution in [0.15, 0.2) is 49.1 Å². The molecule has 0 spiro atoms. The van der Waals surface area contributed by atoms with Crippen LogP contribution in [0.4, 0.5) is 0 Å². The van der Waals surface area contributed by atoms with E-state index in [1.807, 2.05) is 65.2 Å². The van der Waals surface area contributed by atoms with Gasteiger partial charge in [-0.1, -0.05) is 30.3 Å². The maximum absolute atomic E-state index is 11.8. The molecule has 0 aliphatic carbocycles. The second kappa shape index (κ2) is 4.09. The van der Waals surface area contributed by atoms with E-state index in [2.05, 4.69) is 0 Å². The molecule has 0 saturated carbocycles. The van der Waals surface area contributed by atoms with Crippen LogP contribution in [0.1, 0.15) is 10.4 Å². The smallest absolute Gasteiger partial charge is 0.243 e. The van der Waals surface area contributed by atoms with Gasteiger partial charge in [-0.15, -0.1) is 0 Å². The van der Waals surface area contributed by atoms with Crippen molar-refractivity contribution >= 4 is 5.78 Å². The topological polar surface area (TPSA) is 25.9 Å². The van der Waals surface area contributed by atoms with Crippen LogP contribution in [-0.4, -0.2) is 10.4 Å². The Morgan fingerprint density at radius 3 is 2.67 bits per heavy atom. The van der Waals surface area contributed by atoms with E-state index in [1.54, 1.807) is 0 Å². The lowest BCUT2D eigenvalue weighted by Crippen LogP contribution is -2.35. The molecule has 0 aliphatic rings. The highest BCUT2D eigenvalue weighted by atomic mass is 16.1. The van der Waals surface area contributed by atoms with E-state index in [1.165, 1.54) is 0 Å². The molecule has 1 aromatic heterocycles. The van der Waals surface area contributed by atoms with E-state index in [4.69, 9.17) is 0 Å². The molecule has 3 nitrogen and oxygen atoms in total. The minimum Gasteiger partial charge on any atom is -0.290 e. The molecule has 0 aliphatic heterocycles. The molecule has 0 bridgehead atoms. The number of carbonyl (C=O) groups is 1. The number of Topliss-reactive ketones (excluding diaryl/α,β-unsaturated/α-hetero) is 1. The molecule has 1 aromatic carbocycles. The summed E-state index contributed by atoms with van der Waals surface area (Å²) in [6.45, 7) is 0.394. The molecule has 2 rings (SSSR count). The number of carbonyl (C=O) groups excluding carboxylic acids is 1. The number of aryl methyl sites for hydroxylation is 1. The Morgan fingerprint density at radius 1 is 1.33 bits per heavy atom. The van der Waals surface area contributed by atoms with Crippen LogP contribution in [0.2, 0.25) is 0 Å². The van der Waals surface area contributed by atoms with Crippen LogP contribution >= 0.6 is 0 Å². The highest BCUT2D eigenvalue weighted by molar-refractivity contribution is 5.94. The van der Waals surface area contributed by atoms with E-state index < -0.39 is 0 Å². The van der Waals surface area contributed by atoms with Gasteiger partial charge in [-0.25, -0.2) is 9.13 Å². The second-order valence-corrected chi connectivity index (χ2v) is 3.54. The Hall–Kier alpha value is -1.90. The van der Waals surface area contributed by atoms with Crippen molar-refractivity contribution in [2.24, 2.45) is 7.05 Å². The second-order valence-electron chi connectivity index (χ2n) is 3.54. The first kappa shape index (κ1) is 9.65. The fourth-order valence-electron chi connectivity index (χ4n) is 1.48. The molecule has 0 amide bonds. The van der Waals surface area contributed by atoms with Gasteiger partial charge in [0.25, 0.3) is 0 Å². The Labute approximate surface area is 88.6 Å². The summed E-state index contributed by atoms with van der Waals surface area (Å²) in [6, 6.07) is 9.34. The van der Waals surface area contributed by atoms with Crippen molar-refractivity contribution in [3.63, 3.8) is 0 Å². The number of benzene rings is 1. The summed E-state index contributed by atoms with van der Waals surface area (Å²) in [5.74, 6) is 0.131. The third-order valence-electron chi connectivity index (χ3n) is 2.25. The van der Waals surface area contributed by atoms with Crippen molar-refractivity contribution in [1.29, 1.82) is 0 Å². The highest BCUT2D eigenvalue weighted by Gasteiger charge is 2.09. The van der Waals surface area contributed by atoms with Crippen LogP contribution < -0.4 is 4.57 Å². The molecular weight excluding hydrogens is 188 g/mol. The first-order chi connectivity index (χ1) is 7.25. The number of hydrogen-bond acceptors (Lipinski definition) is 1. The van der Waals surface area contributed by atoms with Gasteiger partial charge in [0.05, 0.1) is 7.05 Å². The lowest BCUT2D eigenvalue weighted by molar-refractivity contribution is -0.682. The van der Waals surface area contributed by atoms with Crippen molar-refractivity contribution in [2.75, 3.05) is 0 Å². The van der Waals surface area contributed by atoms with Crippen molar-refractivity contribution < 1.29 is 9.36 Å². The average Bonchev–Trinajstić information content (AvgIpc) is 2.65. The Kier molecular flexibility index (Phi) is 2.63. The molecule has 1 heterocycles. The first-order valence-electron chi connectivity index (χ1n) is 4.85. The number of imidazole rings is 1. The van der Waals surface area contributed by atoms with E-state index in [0.717, 1.165) is 5.56 Å². The van der Waals surface area contributed by atoms with Crippen LogP contribution in [0, 0.1) is 0 Å².